The van der Waals surface area contributed by atoms with Crippen LogP contribution in [-0.4, -0.2) is 28.8 Å². The molecule has 0 aromatic rings. The number of rotatable bonds is 4. The summed E-state index contributed by atoms with van der Waals surface area (Å²) >= 11 is 0. The van der Waals surface area contributed by atoms with Crippen molar-refractivity contribution < 1.29 is 9.90 Å². The molecule has 2 unspecified atom stereocenters. The van der Waals surface area contributed by atoms with Gasteiger partial charge in [-0.3, -0.25) is 10.1 Å². The number of hydrogen-bond acceptors (Lipinski definition) is 3. The second-order valence-corrected chi connectivity index (χ2v) is 7.25. The Balaban J connectivity index is 1.64. The highest BCUT2D eigenvalue weighted by Gasteiger charge is 2.51. The van der Waals surface area contributed by atoms with Gasteiger partial charge in [-0.1, -0.05) is 0 Å². The molecule has 0 aliphatic heterocycles. The van der Waals surface area contributed by atoms with Crippen LogP contribution in [0.3, 0.4) is 0 Å². The van der Waals surface area contributed by atoms with Crippen molar-refractivity contribution >= 4 is 5.91 Å². The zero-order chi connectivity index (χ0) is 13.6. The normalized spacial score (nSPS) is 43.0. The van der Waals surface area contributed by atoms with E-state index in [9.17, 15) is 9.90 Å². The van der Waals surface area contributed by atoms with Gasteiger partial charge in [0.2, 0.25) is 5.91 Å². The minimum atomic E-state index is -0.642. The number of nitrogens with one attached hydrogen (secondary N) is 2. The van der Waals surface area contributed by atoms with Crippen LogP contribution in [0.4, 0.5) is 0 Å². The van der Waals surface area contributed by atoms with Gasteiger partial charge in [0, 0.05) is 5.54 Å². The molecule has 4 nitrogen and oxygen atoms in total. The molecular weight excluding hydrogens is 240 g/mol. The van der Waals surface area contributed by atoms with Gasteiger partial charge in [0.1, 0.15) is 6.23 Å². The maximum atomic E-state index is 12.3. The molecule has 1 amide bonds. The van der Waals surface area contributed by atoms with E-state index in [1.165, 1.54) is 38.5 Å². The first-order chi connectivity index (χ1) is 8.96. The standard InChI is InChI=1S/C15H26N2O2/c1-9(16-10(2)18)14(19)17-15-6-11-3-12(7-15)5-13(4-11)8-15/h9-13,16,18H,3-8H2,1-2H3,(H,17,19). The molecule has 4 fully saturated rings. The molecule has 4 bridgehead atoms. The molecule has 4 saturated carbocycles. The number of amides is 1. The average Bonchev–Trinajstić information content (AvgIpc) is 2.24. The Morgan fingerprint density at radius 1 is 1.11 bits per heavy atom. The summed E-state index contributed by atoms with van der Waals surface area (Å²) in [5.74, 6) is 2.56. The molecule has 2 atom stereocenters. The van der Waals surface area contributed by atoms with Crippen molar-refractivity contribution in [2.45, 2.75) is 70.2 Å². The van der Waals surface area contributed by atoms with Crippen molar-refractivity contribution in [2.75, 3.05) is 0 Å². The quantitative estimate of drug-likeness (QED) is 0.674. The zero-order valence-electron chi connectivity index (χ0n) is 12.0. The molecule has 108 valence electrons. The second-order valence-electron chi connectivity index (χ2n) is 7.25. The van der Waals surface area contributed by atoms with Crippen LogP contribution in [0.15, 0.2) is 0 Å². The van der Waals surface area contributed by atoms with Crippen LogP contribution in [0.2, 0.25) is 0 Å². The Morgan fingerprint density at radius 2 is 1.58 bits per heavy atom. The number of aliphatic hydroxyl groups excluding tert-OH is 1. The van der Waals surface area contributed by atoms with Crippen molar-refractivity contribution in [3.63, 3.8) is 0 Å². The number of aliphatic hydroxyl groups is 1. The molecule has 0 radical (unpaired) electrons. The number of carbonyl (C=O) groups excluding carboxylic acids is 1. The van der Waals surface area contributed by atoms with E-state index in [1.54, 1.807) is 6.92 Å². The lowest BCUT2D eigenvalue weighted by atomic mass is 9.53. The average molecular weight is 266 g/mol. The molecule has 19 heavy (non-hydrogen) atoms. The summed E-state index contributed by atoms with van der Waals surface area (Å²) in [6.45, 7) is 3.47. The van der Waals surface area contributed by atoms with Gasteiger partial charge in [0.15, 0.2) is 0 Å². The molecule has 3 N–H and O–H groups in total. The minimum Gasteiger partial charge on any atom is -0.379 e. The van der Waals surface area contributed by atoms with Crippen LogP contribution in [0.5, 0.6) is 0 Å². The lowest BCUT2D eigenvalue weighted by molar-refractivity contribution is -0.129. The third-order valence-electron chi connectivity index (χ3n) is 5.31. The summed E-state index contributed by atoms with van der Waals surface area (Å²) in [7, 11) is 0. The fourth-order valence-electron chi connectivity index (χ4n) is 5.07. The van der Waals surface area contributed by atoms with Crippen molar-refractivity contribution in [1.82, 2.24) is 10.6 Å². The Kier molecular flexibility index (Phi) is 3.34. The van der Waals surface area contributed by atoms with Crippen LogP contribution in [0, 0.1) is 17.8 Å². The second kappa shape index (κ2) is 4.74. The SMILES string of the molecule is CC(O)NC(C)C(=O)NC12CC3CC(CC(C3)C1)C2. The monoisotopic (exact) mass is 266 g/mol. The zero-order valence-corrected chi connectivity index (χ0v) is 12.0. The first kappa shape index (κ1) is 13.4. The molecule has 4 heteroatoms. The lowest BCUT2D eigenvalue weighted by Gasteiger charge is -2.57. The molecule has 0 heterocycles. The lowest BCUT2D eigenvalue weighted by Crippen LogP contribution is -2.62. The molecule has 0 saturated heterocycles. The molecular formula is C15H26N2O2. The third-order valence-corrected chi connectivity index (χ3v) is 5.31. The van der Waals surface area contributed by atoms with Gasteiger partial charge < -0.3 is 10.4 Å². The fraction of sp³-hybridized carbons (Fsp3) is 0.933. The Morgan fingerprint density at radius 3 is 2.00 bits per heavy atom. The predicted octanol–water partition coefficient (Wildman–Crippen LogP) is 1.39. The highest BCUT2D eigenvalue weighted by molar-refractivity contribution is 5.82. The topological polar surface area (TPSA) is 61.4 Å². The van der Waals surface area contributed by atoms with Crippen molar-refractivity contribution in [3.8, 4) is 0 Å². The number of carbonyl (C=O) groups is 1. The summed E-state index contributed by atoms with van der Waals surface area (Å²) in [6, 6.07) is -0.326. The molecule has 0 spiro atoms. The highest BCUT2D eigenvalue weighted by atomic mass is 16.3. The summed E-state index contributed by atoms with van der Waals surface area (Å²) in [6.07, 6.45) is 7.03. The first-order valence-corrected chi connectivity index (χ1v) is 7.72. The predicted molar refractivity (Wildman–Crippen MR) is 73.3 cm³/mol. The Hall–Kier alpha value is -0.610. The minimum absolute atomic E-state index is 0.0443. The van der Waals surface area contributed by atoms with Crippen LogP contribution in [0.1, 0.15) is 52.4 Å². The highest BCUT2D eigenvalue weighted by Crippen LogP contribution is 2.55. The van der Waals surface area contributed by atoms with E-state index in [-0.39, 0.29) is 17.5 Å². The molecule has 4 aliphatic rings. The van der Waals surface area contributed by atoms with Gasteiger partial charge in [0.25, 0.3) is 0 Å². The van der Waals surface area contributed by atoms with Crippen LogP contribution in [-0.2, 0) is 4.79 Å². The van der Waals surface area contributed by atoms with Crippen LogP contribution >= 0.6 is 0 Å². The van der Waals surface area contributed by atoms with Gasteiger partial charge in [0.05, 0.1) is 6.04 Å². The first-order valence-electron chi connectivity index (χ1n) is 7.72. The van der Waals surface area contributed by atoms with Gasteiger partial charge in [-0.25, -0.2) is 0 Å². The summed E-state index contributed by atoms with van der Waals surface area (Å²) < 4.78 is 0. The summed E-state index contributed by atoms with van der Waals surface area (Å²) in [4.78, 5) is 12.3. The van der Waals surface area contributed by atoms with E-state index in [4.69, 9.17) is 0 Å². The van der Waals surface area contributed by atoms with E-state index in [1.807, 2.05) is 6.92 Å². The maximum Gasteiger partial charge on any atom is 0.237 e. The van der Waals surface area contributed by atoms with Gasteiger partial charge >= 0.3 is 0 Å². The fourth-order valence-corrected chi connectivity index (χ4v) is 5.07. The molecule has 4 rings (SSSR count). The smallest absolute Gasteiger partial charge is 0.237 e. The Bertz CT molecular complexity index is 332. The molecule has 0 aromatic heterocycles. The van der Waals surface area contributed by atoms with Gasteiger partial charge in [-0.05, 0) is 70.1 Å². The largest absolute Gasteiger partial charge is 0.379 e. The van der Waals surface area contributed by atoms with Crippen LogP contribution < -0.4 is 10.6 Å². The maximum absolute atomic E-state index is 12.3. The van der Waals surface area contributed by atoms with E-state index in [2.05, 4.69) is 10.6 Å². The Labute approximate surface area is 115 Å². The molecule has 0 aromatic carbocycles. The van der Waals surface area contributed by atoms with Gasteiger partial charge in [-0.2, -0.15) is 0 Å². The van der Waals surface area contributed by atoms with Crippen molar-refractivity contribution in [2.24, 2.45) is 17.8 Å². The molecule has 4 aliphatic carbocycles. The van der Waals surface area contributed by atoms with E-state index in [0.29, 0.717) is 0 Å². The van der Waals surface area contributed by atoms with Crippen molar-refractivity contribution in [3.05, 3.63) is 0 Å². The summed E-state index contributed by atoms with van der Waals surface area (Å²) in [5.41, 5.74) is 0.0699. The van der Waals surface area contributed by atoms with E-state index in [0.717, 1.165) is 17.8 Å². The number of hydrogen-bond donors (Lipinski definition) is 3. The third kappa shape index (κ3) is 2.65. The van der Waals surface area contributed by atoms with E-state index < -0.39 is 6.23 Å². The van der Waals surface area contributed by atoms with Gasteiger partial charge in [-0.15, -0.1) is 0 Å². The van der Waals surface area contributed by atoms with E-state index >= 15 is 0 Å². The van der Waals surface area contributed by atoms with Crippen LogP contribution in [0.25, 0.3) is 0 Å². The van der Waals surface area contributed by atoms with Crippen molar-refractivity contribution in [1.29, 1.82) is 0 Å². The summed E-state index contributed by atoms with van der Waals surface area (Å²) in [5, 5.41) is 15.5.